The molecule has 18 heavy (non-hydrogen) atoms. The average molecular weight is 259 g/mol. The first-order chi connectivity index (χ1) is 8.83. The van der Waals surface area contributed by atoms with Crippen LogP contribution in [-0.2, 0) is 6.54 Å². The number of fused-ring (bicyclic) bond motifs is 1. The van der Waals surface area contributed by atoms with E-state index < -0.39 is 0 Å². The van der Waals surface area contributed by atoms with E-state index in [0.29, 0.717) is 6.54 Å². The quantitative estimate of drug-likeness (QED) is 0.758. The highest BCUT2D eigenvalue weighted by atomic mass is 35.5. The predicted octanol–water partition coefficient (Wildman–Crippen LogP) is 3.22. The highest BCUT2D eigenvalue weighted by Gasteiger charge is 2.04. The number of pyridine rings is 1. The number of nitrogens with one attached hydrogen (secondary N) is 2. The van der Waals surface area contributed by atoms with Crippen molar-refractivity contribution in [3.63, 3.8) is 0 Å². The maximum atomic E-state index is 6.22. The van der Waals surface area contributed by atoms with Gasteiger partial charge in [0.2, 0.25) is 0 Å². The molecular weight excluding hydrogens is 248 g/mol. The van der Waals surface area contributed by atoms with Crippen molar-refractivity contribution < 1.29 is 0 Å². The zero-order chi connectivity index (χ0) is 12.4. The molecule has 2 N–H and O–H groups in total. The molecule has 1 aromatic carbocycles. The van der Waals surface area contributed by atoms with Crippen molar-refractivity contribution in [1.29, 1.82) is 0 Å². The van der Waals surface area contributed by atoms with Gasteiger partial charge in [0.1, 0.15) is 5.82 Å². The second-order valence-corrected chi connectivity index (χ2v) is 4.38. The van der Waals surface area contributed by atoms with Crippen molar-refractivity contribution in [3.8, 4) is 0 Å². The third-order valence-electron chi connectivity index (χ3n) is 2.73. The van der Waals surface area contributed by atoms with Gasteiger partial charge in [-0.15, -0.1) is 0 Å². The molecule has 5 heteroatoms. The van der Waals surface area contributed by atoms with Crippen LogP contribution < -0.4 is 5.32 Å². The molecule has 2 aromatic heterocycles. The average Bonchev–Trinajstić information content (AvgIpc) is 2.84. The fourth-order valence-electron chi connectivity index (χ4n) is 1.80. The van der Waals surface area contributed by atoms with Crippen LogP contribution in [0.1, 0.15) is 5.56 Å². The summed E-state index contributed by atoms with van der Waals surface area (Å²) in [5, 5.41) is 11.9. The summed E-state index contributed by atoms with van der Waals surface area (Å²) in [7, 11) is 0. The molecule has 0 spiro atoms. The number of aromatic amines is 1. The minimum atomic E-state index is 0.630. The summed E-state index contributed by atoms with van der Waals surface area (Å²) >= 11 is 6.22. The van der Waals surface area contributed by atoms with Crippen LogP contribution in [0.15, 0.2) is 42.7 Å². The maximum Gasteiger partial charge on any atom is 0.126 e. The molecule has 0 unspecified atom stereocenters. The van der Waals surface area contributed by atoms with Gasteiger partial charge in [0.25, 0.3) is 0 Å². The van der Waals surface area contributed by atoms with Crippen LogP contribution in [0.5, 0.6) is 0 Å². The van der Waals surface area contributed by atoms with Gasteiger partial charge < -0.3 is 5.32 Å². The molecule has 4 nitrogen and oxygen atoms in total. The van der Waals surface area contributed by atoms with Crippen LogP contribution in [0.2, 0.25) is 5.02 Å². The fraction of sp³-hybridized carbons (Fsp3) is 0.0769. The van der Waals surface area contributed by atoms with E-state index in [0.717, 1.165) is 27.3 Å². The summed E-state index contributed by atoms with van der Waals surface area (Å²) in [6, 6.07) is 9.66. The molecule has 0 aliphatic rings. The largest absolute Gasteiger partial charge is 0.366 e. The molecule has 3 rings (SSSR count). The van der Waals surface area contributed by atoms with Crippen LogP contribution in [0.3, 0.4) is 0 Å². The Morgan fingerprint density at radius 1 is 1.28 bits per heavy atom. The van der Waals surface area contributed by atoms with Crippen LogP contribution >= 0.6 is 11.6 Å². The Hall–Kier alpha value is -2.07. The molecule has 3 aromatic rings. The first kappa shape index (κ1) is 11.0. The smallest absolute Gasteiger partial charge is 0.126 e. The molecule has 0 fully saturated rings. The number of benzene rings is 1. The van der Waals surface area contributed by atoms with Gasteiger partial charge in [-0.1, -0.05) is 17.7 Å². The van der Waals surface area contributed by atoms with Crippen LogP contribution in [-0.4, -0.2) is 15.2 Å². The van der Waals surface area contributed by atoms with E-state index in [9.17, 15) is 0 Å². The molecule has 0 amide bonds. The predicted molar refractivity (Wildman–Crippen MR) is 72.7 cm³/mol. The van der Waals surface area contributed by atoms with Gasteiger partial charge in [0.05, 0.1) is 11.7 Å². The second kappa shape index (κ2) is 4.66. The number of hydrogen-bond acceptors (Lipinski definition) is 3. The number of rotatable bonds is 3. The van der Waals surface area contributed by atoms with Crippen molar-refractivity contribution in [2.45, 2.75) is 6.54 Å². The molecule has 0 bridgehead atoms. The Balaban J connectivity index is 1.84. The number of aromatic nitrogens is 3. The summed E-state index contributed by atoms with van der Waals surface area (Å²) in [5.41, 5.74) is 2.00. The van der Waals surface area contributed by atoms with Gasteiger partial charge in [0, 0.05) is 23.2 Å². The highest BCUT2D eigenvalue weighted by Crippen LogP contribution is 2.23. The Labute approximate surface area is 109 Å². The van der Waals surface area contributed by atoms with Crippen molar-refractivity contribution >= 4 is 28.3 Å². The third-order valence-corrected chi connectivity index (χ3v) is 3.08. The molecule has 0 saturated carbocycles. The zero-order valence-electron chi connectivity index (χ0n) is 9.52. The number of anilines is 1. The summed E-state index contributed by atoms with van der Waals surface area (Å²) in [6.45, 7) is 0.630. The van der Waals surface area contributed by atoms with Crippen molar-refractivity contribution in [3.05, 3.63) is 53.3 Å². The SMILES string of the molecule is Clc1cc2cn[nH]c2cc1CNc1ccccn1. The summed E-state index contributed by atoms with van der Waals surface area (Å²) < 4.78 is 0. The lowest BCUT2D eigenvalue weighted by Gasteiger charge is -2.07. The van der Waals surface area contributed by atoms with E-state index in [1.54, 1.807) is 12.4 Å². The number of hydrogen-bond donors (Lipinski definition) is 2. The fourth-order valence-corrected chi connectivity index (χ4v) is 2.04. The van der Waals surface area contributed by atoms with Gasteiger partial charge in [-0.2, -0.15) is 5.10 Å². The van der Waals surface area contributed by atoms with E-state index in [1.807, 2.05) is 30.3 Å². The van der Waals surface area contributed by atoms with Crippen LogP contribution in [0, 0.1) is 0 Å². The van der Waals surface area contributed by atoms with Crippen molar-refractivity contribution in [2.75, 3.05) is 5.32 Å². The van der Waals surface area contributed by atoms with E-state index in [-0.39, 0.29) is 0 Å². The van der Waals surface area contributed by atoms with Crippen LogP contribution in [0.25, 0.3) is 10.9 Å². The minimum Gasteiger partial charge on any atom is -0.366 e. The maximum absolute atomic E-state index is 6.22. The summed E-state index contributed by atoms with van der Waals surface area (Å²) in [5.74, 6) is 0.832. The topological polar surface area (TPSA) is 53.6 Å². The summed E-state index contributed by atoms with van der Waals surface area (Å²) in [4.78, 5) is 4.20. The highest BCUT2D eigenvalue weighted by molar-refractivity contribution is 6.32. The lowest BCUT2D eigenvalue weighted by Crippen LogP contribution is -2.01. The lowest BCUT2D eigenvalue weighted by molar-refractivity contribution is 1.10. The summed E-state index contributed by atoms with van der Waals surface area (Å²) in [6.07, 6.45) is 3.51. The van der Waals surface area contributed by atoms with Gasteiger partial charge in [-0.3, -0.25) is 5.10 Å². The molecule has 0 atom stereocenters. The van der Waals surface area contributed by atoms with Gasteiger partial charge in [-0.05, 0) is 29.8 Å². The normalized spacial score (nSPS) is 10.7. The zero-order valence-corrected chi connectivity index (χ0v) is 10.3. The van der Waals surface area contributed by atoms with Crippen LogP contribution in [0.4, 0.5) is 5.82 Å². The number of halogens is 1. The molecule has 0 saturated heterocycles. The monoisotopic (exact) mass is 258 g/mol. The van der Waals surface area contributed by atoms with E-state index in [1.165, 1.54) is 0 Å². The number of nitrogens with zero attached hydrogens (tertiary/aromatic N) is 2. The Bertz CT molecular complexity index is 663. The Kier molecular flexibility index (Phi) is 2.86. The van der Waals surface area contributed by atoms with Gasteiger partial charge in [0.15, 0.2) is 0 Å². The molecule has 0 aliphatic carbocycles. The Morgan fingerprint density at radius 3 is 3.06 bits per heavy atom. The van der Waals surface area contributed by atoms with E-state index >= 15 is 0 Å². The molecule has 0 aliphatic heterocycles. The van der Waals surface area contributed by atoms with Gasteiger partial charge >= 0.3 is 0 Å². The minimum absolute atomic E-state index is 0.630. The van der Waals surface area contributed by atoms with Gasteiger partial charge in [-0.25, -0.2) is 4.98 Å². The molecular formula is C13H11ClN4. The third kappa shape index (κ3) is 2.15. The van der Waals surface area contributed by atoms with E-state index in [2.05, 4.69) is 20.5 Å². The standard InChI is InChI=1S/C13H11ClN4/c14-11-5-10-8-17-18-12(10)6-9(11)7-16-13-3-1-2-4-15-13/h1-6,8H,7H2,(H,15,16)(H,17,18). The Morgan fingerprint density at radius 2 is 2.22 bits per heavy atom. The van der Waals surface area contributed by atoms with E-state index in [4.69, 9.17) is 11.6 Å². The first-order valence-corrected chi connectivity index (χ1v) is 5.97. The molecule has 2 heterocycles. The number of H-pyrrole nitrogens is 1. The molecule has 0 radical (unpaired) electrons. The van der Waals surface area contributed by atoms with Crippen molar-refractivity contribution in [1.82, 2.24) is 15.2 Å². The molecule has 90 valence electrons. The second-order valence-electron chi connectivity index (χ2n) is 3.97. The first-order valence-electron chi connectivity index (χ1n) is 5.59. The lowest BCUT2D eigenvalue weighted by atomic mass is 10.1. The van der Waals surface area contributed by atoms with Crippen molar-refractivity contribution in [2.24, 2.45) is 0 Å².